The van der Waals surface area contributed by atoms with Gasteiger partial charge in [0.05, 0.1) is 6.54 Å². The number of fused-ring (bicyclic) bond motifs is 1. The number of nitrogens with zero attached hydrogens (tertiary/aromatic N) is 1. The molecule has 1 amide bonds. The maximum absolute atomic E-state index is 10.9. The fourth-order valence-corrected chi connectivity index (χ4v) is 2.65. The minimum absolute atomic E-state index is 0.00599. The van der Waals surface area contributed by atoms with Crippen LogP contribution in [0.25, 0.3) is 0 Å². The molecule has 2 unspecified atom stereocenters. The van der Waals surface area contributed by atoms with Gasteiger partial charge in [-0.05, 0) is 17.7 Å². The first-order valence-corrected chi connectivity index (χ1v) is 5.91. The highest BCUT2D eigenvalue weighted by Gasteiger charge is 2.60. The summed E-state index contributed by atoms with van der Waals surface area (Å²) in [4.78, 5) is 12.3. The van der Waals surface area contributed by atoms with Gasteiger partial charge in [0.25, 0.3) is 0 Å². The van der Waals surface area contributed by atoms with E-state index in [1.165, 1.54) is 4.90 Å². The van der Waals surface area contributed by atoms with Gasteiger partial charge in [-0.2, -0.15) is 0 Å². The fourth-order valence-electron chi connectivity index (χ4n) is 2.52. The lowest BCUT2D eigenvalue weighted by atomic mass is 9.89. The minimum Gasteiger partial charge on any atom is -0.465 e. The average Bonchev–Trinajstić information content (AvgIpc) is 3.04. The second-order valence-corrected chi connectivity index (χ2v) is 4.92. The molecule has 0 radical (unpaired) electrons. The number of epoxide rings is 1. The van der Waals surface area contributed by atoms with Crippen molar-refractivity contribution in [1.29, 1.82) is 0 Å². The molecule has 2 aliphatic rings. The van der Waals surface area contributed by atoms with Crippen LogP contribution in [0, 0.1) is 0 Å². The van der Waals surface area contributed by atoms with Gasteiger partial charge in [0.15, 0.2) is 0 Å². The van der Waals surface area contributed by atoms with Gasteiger partial charge in [-0.3, -0.25) is 0 Å². The maximum Gasteiger partial charge on any atom is 0.407 e. The fraction of sp³-hybridized carbons (Fsp3) is 0.417. The van der Waals surface area contributed by atoms with Gasteiger partial charge in [0.2, 0.25) is 0 Å². The van der Waals surface area contributed by atoms with Crippen LogP contribution >= 0.6 is 11.6 Å². The van der Waals surface area contributed by atoms with Crippen molar-refractivity contribution in [3.8, 4) is 0 Å². The van der Waals surface area contributed by atoms with Gasteiger partial charge < -0.3 is 14.7 Å². The lowest BCUT2D eigenvalue weighted by Crippen LogP contribution is -2.41. The molecule has 2 saturated heterocycles. The number of likely N-dealkylation sites (tertiary alicyclic amines) is 1. The minimum atomic E-state index is -0.870. The Bertz CT molecular complexity index is 461. The van der Waals surface area contributed by atoms with E-state index in [1.54, 1.807) is 0 Å². The summed E-state index contributed by atoms with van der Waals surface area (Å²) in [5.74, 6) is 0. The summed E-state index contributed by atoms with van der Waals surface area (Å²) in [6, 6.07) is 7.60. The Balaban J connectivity index is 1.79. The summed E-state index contributed by atoms with van der Waals surface area (Å²) in [6.07, 6.45) is -0.162. The maximum atomic E-state index is 10.9. The van der Waals surface area contributed by atoms with Crippen LogP contribution < -0.4 is 0 Å². The number of ether oxygens (including phenoxy) is 1. The molecule has 0 spiro atoms. The summed E-state index contributed by atoms with van der Waals surface area (Å²) in [7, 11) is 0. The van der Waals surface area contributed by atoms with Gasteiger partial charge in [-0.1, -0.05) is 23.7 Å². The van der Waals surface area contributed by atoms with Gasteiger partial charge in [0, 0.05) is 18.0 Å². The smallest absolute Gasteiger partial charge is 0.407 e. The SMILES string of the molecule is O=C(O)N1CCC2(c3ccc(Cl)cc3)OC2C1. The number of carboxylic acid groups (broad SMARTS) is 1. The summed E-state index contributed by atoms with van der Waals surface area (Å²) >= 11 is 5.85. The van der Waals surface area contributed by atoms with Crippen molar-refractivity contribution in [2.75, 3.05) is 13.1 Å². The molecule has 1 N–H and O–H groups in total. The predicted molar refractivity (Wildman–Crippen MR) is 62.2 cm³/mol. The molecule has 0 aliphatic carbocycles. The zero-order chi connectivity index (χ0) is 12.0. The van der Waals surface area contributed by atoms with E-state index >= 15 is 0 Å². The molecule has 2 aliphatic heterocycles. The molecule has 0 bridgehead atoms. The van der Waals surface area contributed by atoms with E-state index in [0.29, 0.717) is 24.5 Å². The van der Waals surface area contributed by atoms with Crippen LogP contribution in [0.15, 0.2) is 24.3 Å². The number of carbonyl (C=O) groups is 1. The van der Waals surface area contributed by atoms with Gasteiger partial charge in [-0.25, -0.2) is 4.79 Å². The molecule has 4 nitrogen and oxygen atoms in total. The van der Waals surface area contributed by atoms with Crippen LogP contribution in [0.1, 0.15) is 12.0 Å². The van der Waals surface area contributed by atoms with Crippen LogP contribution in [-0.2, 0) is 10.3 Å². The van der Waals surface area contributed by atoms with Gasteiger partial charge >= 0.3 is 6.09 Å². The van der Waals surface area contributed by atoms with Crippen molar-refractivity contribution >= 4 is 17.7 Å². The summed E-state index contributed by atoms with van der Waals surface area (Å²) in [6.45, 7) is 0.979. The van der Waals surface area contributed by atoms with Crippen molar-refractivity contribution in [3.05, 3.63) is 34.9 Å². The first kappa shape index (κ1) is 10.9. The standard InChI is InChI=1S/C12H12ClNO3/c13-9-3-1-8(2-4-9)12-5-6-14(11(15)16)7-10(12)17-12/h1-4,10H,5-7H2,(H,15,16). The van der Waals surface area contributed by atoms with E-state index in [-0.39, 0.29) is 11.7 Å². The number of halogens is 1. The number of benzene rings is 1. The van der Waals surface area contributed by atoms with Crippen LogP contribution in [0.3, 0.4) is 0 Å². The Labute approximate surface area is 104 Å². The number of rotatable bonds is 1. The lowest BCUT2D eigenvalue weighted by Gasteiger charge is -2.26. The Kier molecular flexibility index (Phi) is 2.31. The molecule has 1 aromatic carbocycles. The second-order valence-electron chi connectivity index (χ2n) is 4.48. The summed E-state index contributed by atoms with van der Waals surface area (Å²) < 4.78 is 5.72. The van der Waals surface area contributed by atoms with E-state index in [1.807, 2.05) is 24.3 Å². The first-order chi connectivity index (χ1) is 8.12. The molecule has 5 heteroatoms. The molecule has 90 valence electrons. The third-order valence-corrected chi connectivity index (χ3v) is 3.81. The largest absolute Gasteiger partial charge is 0.465 e. The molecule has 0 aromatic heterocycles. The van der Waals surface area contributed by atoms with E-state index in [2.05, 4.69) is 0 Å². The van der Waals surface area contributed by atoms with Crippen molar-refractivity contribution in [2.45, 2.75) is 18.1 Å². The number of amides is 1. The molecule has 2 heterocycles. The van der Waals surface area contributed by atoms with Crippen LogP contribution in [-0.4, -0.2) is 35.3 Å². The van der Waals surface area contributed by atoms with E-state index < -0.39 is 6.09 Å². The topological polar surface area (TPSA) is 53.1 Å². The monoisotopic (exact) mass is 253 g/mol. The number of hydrogen-bond donors (Lipinski definition) is 1. The molecule has 0 saturated carbocycles. The summed E-state index contributed by atoms with van der Waals surface area (Å²) in [5, 5.41) is 9.62. The molecule has 17 heavy (non-hydrogen) atoms. The molecular formula is C12H12ClNO3. The van der Waals surface area contributed by atoms with Crippen LogP contribution in [0.4, 0.5) is 4.79 Å². The second kappa shape index (κ2) is 3.62. The Hall–Kier alpha value is -1.26. The Morgan fingerprint density at radius 1 is 1.47 bits per heavy atom. The van der Waals surface area contributed by atoms with Crippen LogP contribution in [0.5, 0.6) is 0 Å². The third-order valence-electron chi connectivity index (χ3n) is 3.56. The Morgan fingerprint density at radius 3 is 2.76 bits per heavy atom. The van der Waals surface area contributed by atoms with Gasteiger partial charge in [-0.15, -0.1) is 0 Å². The van der Waals surface area contributed by atoms with Crippen molar-refractivity contribution in [1.82, 2.24) is 4.90 Å². The van der Waals surface area contributed by atoms with Crippen molar-refractivity contribution in [3.63, 3.8) is 0 Å². The highest BCUT2D eigenvalue weighted by atomic mass is 35.5. The molecule has 2 atom stereocenters. The predicted octanol–water partition coefficient (Wildman–Crippen LogP) is 2.32. The molecule has 2 fully saturated rings. The highest BCUT2D eigenvalue weighted by Crippen LogP contribution is 2.51. The first-order valence-electron chi connectivity index (χ1n) is 5.53. The third kappa shape index (κ3) is 1.68. The van der Waals surface area contributed by atoms with E-state index in [4.69, 9.17) is 21.4 Å². The van der Waals surface area contributed by atoms with E-state index in [9.17, 15) is 4.79 Å². The van der Waals surface area contributed by atoms with Gasteiger partial charge in [0.1, 0.15) is 11.7 Å². The molecule has 3 rings (SSSR count). The lowest BCUT2D eigenvalue weighted by molar-refractivity contribution is 0.136. The normalized spacial score (nSPS) is 30.9. The average molecular weight is 254 g/mol. The Morgan fingerprint density at radius 2 is 2.18 bits per heavy atom. The van der Waals surface area contributed by atoms with E-state index in [0.717, 1.165) is 5.56 Å². The summed E-state index contributed by atoms with van der Waals surface area (Å²) in [5.41, 5.74) is 0.827. The quantitative estimate of drug-likeness (QED) is 0.782. The highest BCUT2D eigenvalue weighted by molar-refractivity contribution is 6.30. The van der Waals surface area contributed by atoms with Crippen molar-refractivity contribution < 1.29 is 14.6 Å². The zero-order valence-corrected chi connectivity index (χ0v) is 9.85. The van der Waals surface area contributed by atoms with Crippen molar-refractivity contribution in [2.24, 2.45) is 0 Å². The molecular weight excluding hydrogens is 242 g/mol. The van der Waals surface area contributed by atoms with Crippen LogP contribution in [0.2, 0.25) is 5.02 Å². The number of piperidine rings is 1. The zero-order valence-electron chi connectivity index (χ0n) is 9.10. The number of hydrogen-bond acceptors (Lipinski definition) is 2. The molecule has 1 aromatic rings.